The molecule has 0 aliphatic heterocycles. The van der Waals surface area contributed by atoms with E-state index in [1.165, 1.54) is 18.0 Å². The molecule has 0 bridgehead atoms. The van der Waals surface area contributed by atoms with Crippen LogP contribution in [-0.2, 0) is 0 Å². The number of hydrogen-bond acceptors (Lipinski definition) is 5. The molecule has 2 heterocycles. The Morgan fingerprint density at radius 3 is 2.81 bits per heavy atom. The van der Waals surface area contributed by atoms with Crippen LogP contribution in [0.4, 0.5) is 0 Å². The number of carbonyl (C=O) groups is 1. The lowest BCUT2D eigenvalue weighted by Crippen LogP contribution is -1.89. The normalized spacial score (nSPS) is 10.4. The Labute approximate surface area is 97.1 Å². The Hall–Kier alpha value is -1.62. The first kappa shape index (κ1) is 10.9. The maximum absolute atomic E-state index is 10.6. The van der Waals surface area contributed by atoms with E-state index in [0.717, 1.165) is 22.6 Å². The first-order chi connectivity index (χ1) is 7.69. The fraction of sp³-hybridized carbons (Fsp3) is 0.182. The Morgan fingerprint density at radius 2 is 2.25 bits per heavy atom. The molecule has 4 nitrogen and oxygen atoms in total. The third kappa shape index (κ3) is 2.30. The second kappa shape index (κ2) is 4.49. The monoisotopic (exact) mass is 234 g/mol. The zero-order chi connectivity index (χ0) is 11.5. The number of carbonyl (C=O) groups excluding carboxylic acids is 1. The van der Waals surface area contributed by atoms with Crippen molar-refractivity contribution in [3.05, 3.63) is 35.3 Å². The number of aldehydes is 1. The van der Waals surface area contributed by atoms with Crippen LogP contribution in [0, 0.1) is 13.8 Å². The molecule has 0 aliphatic carbocycles. The lowest BCUT2D eigenvalue weighted by atomic mass is 10.2. The molecular formula is C11H10N2O2S. The number of oxazole rings is 1. The zero-order valence-corrected chi connectivity index (χ0v) is 9.75. The van der Waals surface area contributed by atoms with E-state index in [9.17, 15) is 4.79 Å². The van der Waals surface area contributed by atoms with Gasteiger partial charge in [0.1, 0.15) is 11.3 Å². The van der Waals surface area contributed by atoms with Gasteiger partial charge in [-0.3, -0.25) is 4.79 Å². The number of aryl methyl sites for hydroxylation is 2. The number of hydrogen-bond donors (Lipinski definition) is 0. The molecule has 0 aliphatic rings. The van der Waals surface area contributed by atoms with Gasteiger partial charge >= 0.3 is 0 Å². The molecule has 5 heteroatoms. The third-order valence-electron chi connectivity index (χ3n) is 1.97. The fourth-order valence-corrected chi connectivity index (χ4v) is 1.99. The van der Waals surface area contributed by atoms with Crippen LogP contribution in [-0.4, -0.2) is 16.3 Å². The summed E-state index contributed by atoms with van der Waals surface area (Å²) in [7, 11) is 0. The van der Waals surface area contributed by atoms with Gasteiger partial charge in [-0.05, 0) is 37.2 Å². The second-order valence-electron chi connectivity index (χ2n) is 3.37. The van der Waals surface area contributed by atoms with Crippen molar-refractivity contribution in [3.63, 3.8) is 0 Å². The fourth-order valence-electron chi connectivity index (χ4n) is 1.22. The molecule has 2 rings (SSSR count). The molecule has 2 aromatic heterocycles. The van der Waals surface area contributed by atoms with E-state index in [0.29, 0.717) is 10.8 Å². The highest BCUT2D eigenvalue weighted by Crippen LogP contribution is 2.27. The van der Waals surface area contributed by atoms with Crippen molar-refractivity contribution in [3.8, 4) is 0 Å². The SMILES string of the molecule is Cc1coc(Sc2ncc(C=O)cc2C)n1. The van der Waals surface area contributed by atoms with Crippen molar-refractivity contribution >= 4 is 18.0 Å². The molecule has 2 aromatic rings. The summed E-state index contributed by atoms with van der Waals surface area (Å²) in [6, 6.07) is 1.79. The highest BCUT2D eigenvalue weighted by atomic mass is 32.2. The summed E-state index contributed by atoms with van der Waals surface area (Å²) >= 11 is 1.35. The Bertz CT molecular complexity index is 522. The molecule has 0 atom stereocenters. The minimum Gasteiger partial charge on any atom is -0.439 e. The average Bonchev–Trinajstić information content (AvgIpc) is 2.67. The van der Waals surface area contributed by atoms with Crippen LogP contribution in [0.1, 0.15) is 21.6 Å². The summed E-state index contributed by atoms with van der Waals surface area (Å²) in [6.07, 6.45) is 3.92. The van der Waals surface area contributed by atoms with Crippen molar-refractivity contribution in [1.82, 2.24) is 9.97 Å². The van der Waals surface area contributed by atoms with E-state index in [2.05, 4.69) is 9.97 Å². The van der Waals surface area contributed by atoms with Crippen LogP contribution in [0.15, 0.2) is 33.2 Å². The molecule has 0 N–H and O–H groups in total. The maximum atomic E-state index is 10.6. The van der Waals surface area contributed by atoms with Crippen molar-refractivity contribution < 1.29 is 9.21 Å². The number of pyridine rings is 1. The molecule has 0 saturated carbocycles. The van der Waals surface area contributed by atoms with Gasteiger partial charge in [-0.25, -0.2) is 9.97 Å². The summed E-state index contributed by atoms with van der Waals surface area (Å²) in [5, 5.41) is 1.36. The Balaban J connectivity index is 2.25. The minimum absolute atomic E-state index is 0.562. The lowest BCUT2D eigenvalue weighted by Gasteiger charge is -2.01. The van der Waals surface area contributed by atoms with Crippen molar-refractivity contribution in [1.29, 1.82) is 0 Å². The van der Waals surface area contributed by atoms with Gasteiger partial charge in [0, 0.05) is 11.8 Å². The van der Waals surface area contributed by atoms with E-state index < -0.39 is 0 Å². The first-order valence-electron chi connectivity index (χ1n) is 4.71. The quantitative estimate of drug-likeness (QED) is 0.764. The lowest BCUT2D eigenvalue weighted by molar-refractivity contribution is 0.112. The van der Waals surface area contributed by atoms with Crippen LogP contribution < -0.4 is 0 Å². The van der Waals surface area contributed by atoms with Crippen LogP contribution in [0.5, 0.6) is 0 Å². The van der Waals surface area contributed by atoms with Gasteiger partial charge in [0.2, 0.25) is 0 Å². The molecule has 0 saturated heterocycles. The summed E-state index contributed by atoms with van der Waals surface area (Å²) < 4.78 is 5.22. The van der Waals surface area contributed by atoms with Crippen LogP contribution >= 0.6 is 11.8 Å². The van der Waals surface area contributed by atoms with Gasteiger partial charge in [0.05, 0.1) is 5.69 Å². The Kier molecular flexibility index (Phi) is 3.05. The molecule has 0 radical (unpaired) electrons. The second-order valence-corrected chi connectivity index (χ2v) is 4.31. The van der Waals surface area contributed by atoms with Crippen LogP contribution in [0.25, 0.3) is 0 Å². The molecule has 82 valence electrons. The first-order valence-corrected chi connectivity index (χ1v) is 5.52. The predicted molar refractivity (Wildman–Crippen MR) is 59.7 cm³/mol. The van der Waals surface area contributed by atoms with Crippen LogP contribution in [0.2, 0.25) is 0 Å². The third-order valence-corrected chi connectivity index (χ3v) is 2.95. The van der Waals surface area contributed by atoms with Gasteiger partial charge in [-0.15, -0.1) is 0 Å². The smallest absolute Gasteiger partial charge is 0.262 e. The molecule has 0 unspecified atom stereocenters. The maximum Gasteiger partial charge on any atom is 0.262 e. The van der Waals surface area contributed by atoms with Crippen molar-refractivity contribution in [2.24, 2.45) is 0 Å². The molecule has 0 fully saturated rings. The van der Waals surface area contributed by atoms with Crippen LogP contribution in [0.3, 0.4) is 0 Å². The summed E-state index contributed by atoms with van der Waals surface area (Å²) in [5.41, 5.74) is 2.35. The average molecular weight is 234 g/mol. The van der Waals surface area contributed by atoms with Gasteiger partial charge in [-0.2, -0.15) is 0 Å². The summed E-state index contributed by atoms with van der Waals surface area (Å²) in [6.45, 7) is 3.77. The van der Waals surface area contributed by atoms with E-state index in [1.54, 1.807) is 12.3 Å². The van der Waals surface area contributed by atoms with Crippen molar-refractivity contribution in [2.75, 3.05) is 0 Å². The molecule has 0 spiro atoms. The predicted octanol–water partition coefficient (Wildman–Crippen LogP) is 2.65. The van der Waals surface area contributed by atoms with Gasteiger partial charge < -0.3 is 4.42 Å². The van der Waals surface area contributed by atoms with E-state index in [-0.39, 0.29) is 0 Å². The molecule has 16 heavy (non-hydrogen) atoms. The summed E-state index contributed by atoms with van der Waals surface area (Å²) in [5.74, 6) is 0. The number of aromatic nitrogens is 2. The topological polar surface area (TPSA) is 56.0 Å². The highest BCUT2D eigenvalue weighted by molar-refractivity contribution is 7.99. The zero-order valence-electron chi connectivity index (χ0n) is 8.93. The summed E-state index contributed by atoms with van der Waals surface area (Å²) in [4.78, 5) is 18.9. The molecular weight excluding hydrogens is 224 g/mol. The van der Waals surface area contributed by atoms with Gasteiger partial charge in [-0.1, -0.05) is 0 Å². The highest BCUT2D eigenvalue weighted by Gasteiger charge is 2.08. The van der Waals surface area contributed by atoms with Crippen molar-refractivity contribution in [2.45, 2.75) is 24.1 Å². The van der Waals surface area contributed by atoms with E-state index >= 15 is 0 Å². The number of rotatable bonds is 3. The van der Waals surface area contributed by atoms with E-state index in [4.69, 9.17) is 4.42 Å². The molecule has 0 aromatic carbocycles. The van der Waals surface area contributed by atoms with E-state index in [1.807, 2.05) is 13.8 Å². The minimum atomic E-state index is 0.562. The van der Waals surface area contributed by atoms with Gasteiger partial charge in [0.25, 0.3) is 5.22 Å². The standard InChI is InChI=1S/C11H10N2O2S/c1-7-3-9(5-14)4-12-10(7)16-11-13-8(2)6-15-11/h3-6H,1-2H3. The molecule has 0 amide bonds. The van der Waals surface area contributed by atoms with Gasteiger partial charge in [0.15, 0.2) is 6.29 Å². The number of nitrogens with zero attached hydrogens (tertiary/aromatic N) is 2. The Morgan fingerprint density at radius 1 is 1.44 bits per heavy atom. The largest absolute Gasteiger partial charge is 0.439 e.